The molecule has 0 aliphatic carbocycles. The molecule has 1 heterocycles. The first-order valence-electron chi connectivity index (χ1n) is 5.77. The Labute approximate surface area is 130 Å². The molecule has 2 aromatic carbocycles. The van der Waals surface area contributed by atoms with Crippen molar-refractivity contribution in [3.8, 4) is 0 Å². The predicted molar refractivity (Wildman–Crippen MR) is 83.7 cm³/mol. The molecule has 0 radical (unpaired) electrons. The molecule has 20 heavy (non-hydrogen) atoms. The van der Waals surface area contributed by atoms with Crippen molar-refractivity contribution in [2.24, 2.45) is 0 Å². The van der Waals surface area contributed by atoms with Crippen LogP contribution in [0.4, 0.5) is 0 Å². The van der Waals surface area contributed by atoms with Gasteiger partial charge in [-0.15, -0.1) is 0 Å². The van der Waals surface area contributed by atoms with E-state index >= 15 is 0 Å². The lowest BCUT2D eigenvalue weighted by molar-refractivity contribution is 0.589. The monoisotopic (exact) mass is 369 g/mol. The minimum Gasteiger partial charge on any atom is -0.240 e. The van der Waals surface area contributed by atoms with Gasteiger partial charge in [-0.1, -0.05) is 29.8 Å². The lowest BCUT2D eigenvalue weighted by Gasteiger charge is -2.07. The van der Waals surface area contributed by atoms with Crippen LogP contribution in [0.3, 0.4) is 0 Å². The number of benzene rings is 2. The third-order valence-corrected chi connectivity index (χ3v) is 5.54. The number of hydrogen-bond donors (Lipinski definition) is 0. The van der Waals surface area contributed by atoms with Gasteiger partial charge in [-0.3, -0.25) is 0 Å². The first-order valence-corrected chi connectivity index (χ1v) is 8.38. The van der Waals surface area contributed by atoms with E-state index in [-0.39, 0.29) is 4.90 Å². The Kier molecular flexibility index (Phi) is 3.36. The number of fused-ring (bicyclic) bond motifs is 1. The number of rotatable bonds is 2. The van der Waals surface area contributed by atoms with Crippen LogP contribution < -0.4 is 0 Å². The molecule has 0 bridgehead atoms. The molecule has 0 unspecified atom stereocenters. The molecular formula is C14H9BrClNO2S. The van der Waals surface area contributed by atoms with Crippen LogP contribution in [-0.4, -0.2) is 12.4 Å². The Hall–Kier alpha value is -1.30. The molecule has 1 aromatic heterocycles. The molecule has 0 aliphatic heterocycles. The van der Waals surface area contributed by atoms with E-state index in [4.69, 9.17) is 11.6 Å². The van der Waals surface area contributed by atoms with Gasteiger partial charge in [-0.2, -0.15) is 0 Å². The van der Waals surface area contributed by atoms with Crippen LogP contribution in [0.15, 0.2) is 64.1 Å². The van der Waals surface area contributed by atoms with Crippen molar-refractivity contribution in [2.75, 3.05) is 0 Å². The van der Waals surface area contributed by atoms with E-state index < -0.39 is 10.0 Å². The first kappa shape index (κ1) is 13.7. The summed E-state index contributed by atoms with van der Waals surface area (Å²) in [5.74, 6) is 0. The van der Waals surface area contributed by atoms with Gasteiger partial charge in [0.25, 0.3) is 10.0 Å². The fourth-order valence-corrected chi connectivity index (χ4v) is 4.26. The minimum absolute atomic E-state index is 0.249. The fourth-order valence-electron chi connectivity index (χ4n) is 2.04. The zero-order valence-electron chi connectivity index (χ0n) is 10.1. The molecule has 0 saturated carbocycles. The van der Waals surface area contributed by atoms with Gasteiger partial charge in [-0.05, 0) is 46.3 Å². The number of hydrogen-bond acceptors (Lipinski definition) is 2. The molecule has 6 heteroatoms. The zero-order chi connectivity index (χ0) is 14.3. The maximum atomic E-state index is 12.7. The molecular weight excluding hydrogens is 362 g/mol. The highest BCUT2D eigenvalue weighted by Gasteiger charge is 2.20. The van der Waals surface area contributed by atoms with Crippen molar-refractivity contribution < 1.29 is 8.42 Å². The molecule has 3 nitrogen and oxygen atoms in total. The number of nitrogens with zero attached hydrogens (tertiary/aromatic N) is 1. The average molecular weight is 371 g/mol. The van der Waals surface area contributed by atoms with Gasteiger partial charge < -0.3 is 0 Å². The quantitative estimate of drug-likeness (QED) is 0.675. The molecule has 3 rings (SSSR count). The molecule has 0 spiro atoms. The van der Waals surface area contributed by atoms with Gasteiger partial charge in [0.2, 0.25) is 0 Å². The van der Waals surface area contributed by atoms with Crippen LogP contribution in [0.5, 0.6) is 0 Å². The van der Waals surface area contributed by atoms with Crippen molar-refractivity contribution in [3.05, 3.63) is 64.2 Å². The van der Waals surface area contributed by atoms with Crippen molar-refractivity contribution >= 4 is 48.5 Å². The summed E-state index contributed by atoms with van der Waals surface area (Å²) in [5.41, 5.74) is 0.588. The van der Waals surface area contributed by atoms with Gasteiger partial charge in [0.1, 0.15) is 0 Å². The Morgan fingerprint density at radius 2 is 1.75 bits per heavy atom. The Morgan fingerprint density at radius 1 is 1.05 bits per heavy atom. The fraction of sp³-hybridized carbons (Fsp3) is 0. The SMILES string of the molecule is O=S(=O)(c1ccccc1)n1cc(Br)c2cc(Cl)ccc21. The normalized spacial score (nSPS) is 11.9. The standard InChI is InChI=1S/C14H9BrClNO2S/c15-13-9-17(14-7-6-10(16)8-12(13)14)20(18,19)11-4-2-1-3-5-11/h1-9H. The molecule has 102 valence electrons. The zero-order valence-corrected chi connectivity index (χ0v) is 13.3. The molecule has 0 aliphatic rings. The van der Waals surface area contributed by atoms with Gasteiger partial charge >= 0.3 is 0 Å². The summed E-state index contributed by atoms with van der Waals surface area (Å²) in [4.78, 5) is 0.249. The minimum atomic E-state index is -3.61. The smallest absolute Gasteiger partial charge is 0.240 e. The molecule has 0 N–H and O–H groups in total. The highest BCUT2D eigenvalue weighted by molar-refractivity contribution is 9.10. The summed E-state index contributed by atoms with van der Waals surface area (Å²) in [6.45, 7) is 0. The second-order valence-electron chi connectivity index (χ2n) is 4.25. The third kappa shape index (κ3) is 2.16. The summed E-state index contributed by atoms with van der Waals surface area (Å²) in [6, 6.07) is 13.4. The Bertz CT molecular complexity index is 888. The van der Waals surface area contributed by atoms with Gasteiger partial charge in [-0.25, -0.2) is 12.4 Å². The largest absolute Gasteiger partial charge is 0.268 e. The number of halogens is 2. The third-order valence-electron chi connectivity index (χ3n) is 2.98. The van der Waals surface area contributed by atoms with Crippen LogP contribution in [0.2, 0.25) is 5.02 Å². The average Bonchev–Trinajstić information content (AvgIpc) is 2.77. The van der Waals surface area contributed by atoms with Crippen LogP contribution in [0.1, 0.15) is 0 Å². The van der Waals surface area contributed by atoms with Crippen molar-refractivity contribution in [1.82, 2.24) is 3.97 Å². The second-order valence-corrected chi connectivity index (χ2v) is 7.36. The molecule has 0 amide bonds. The van der Waals surface area contributed by atoms with Crippen LogP contribution in [-0.2, 0) is 10.0 Å². The van der Waals surface area contributed by atoms with E-state index in [2.05, 4.69) is 15.9 Å². The predicted octanol–water partition coefficient (Wildman–Crippen LogP) is 4.29. The van der Waals surface area contributed by atoms with Crippen LogP contribution in [0.25, 0.3) is 10.9 Å². The highest BCUT2D eigenvalue weighted by atomic mass is 79.9. The van der Waals surface area contributed by atoms with Crippen LogP contribution in [0, 0.1) is 0 Å². The lowest BCUT2D eigenvalue weighted by Crippen LogP contribution is -2.11. The summed E-state index contributed by atoms with van der Waals surface area (Å²) in [6.07, 6.45) is 1.54. The van der Waals surface area contributed by atoms with E-state index in [0.29, 0.717) is 15.0 Å². The molecule has 0 atom stereocenters. The number of aromatic nitrogens is 1. The van der Waals surface area contributed by atoms with E-state index in [9.17, 15) is 8.42 Å². The lowest BCUT2D eigenvalue weighted by atomic mass is 10.2. The summed E-state index contributed by atoms with van der Waals surface area (Å²) in [7, 11) is -3.61. The Balaban J connectivity index is 2.31. The Morgan fingerprint density at radius 3 is 2.45 bits per heavy atom. The van der Waals surface area contributed by atoms with Gasteiger partial charge in [0, 0.05) is 21.1 Å². The van der Waals surface area contributed by atoms with Gasteiger partial charge in [0.05, 0.1) is 10.4 Å². The van der Waals surface area contributed by atoms with E-state index in [0.717, 1.165) is 5.39 Å². The van der Waals surface area contributed by atoms with Crippen molar-refractivity contribution in [1.29, 1.82) is 0 Å². The summed E-state index contributed by atoms with van der Waals surface area (Å²) < 4.78 is 27.3. The topological polar surface area (TPSA) is 39.1 Å². The highest BCUT2D eigenvalue weighted by Crippen LogP contribution is 2.31. The molecule has 0 saturated heterocycles. The van der Waals surface area contributed by atoms with Crippen molar-refractivity contribution in [3.63, 3.8) is 0 Å². The maximum absolute atomic E-state index is 12.7. The van der Waals surface area contributed by atoms with E-state index in [1.165, 1.54) is 3.97 Å². The van der Waals surface area contributed by atoms with Crippen LogP contribution >= 0.6 is 27.5 Å². The summed E-state index contributed by atoms with van der Waals surface area (Å²) >= 11 is 9.32. The van der Waals surface area contributed by atoms with Crippen molar-refractivity contribution in [2.45, 2.75) is 4.90 Å². The second kappa shape index (κ2) is 4.91. The van der Waals surface area contributed by atoms with E-state index in [1.54, 1.807) is 54.7 Å². The molecule has 3 aromatic rings. The molecule has 0 fully saturated rings. The van der Waals surface area contributed by atoms with E-state index in [1.807, 2.05) is 0 Å². The van der Waals surface area contributed by atoms with Gasteiger partial charge in [0.15, 0.2) is 0 Å². The summed E-state index contributed by atoms with van der Waals surface area (Å²) in [5, 5.41) is 1.32. The maximum Gasteiger partial charge on any atom is 0.268 e. The first-order chi connectivity index (χ1) is 9.50.